The van der Waals surface area contributed by atoms with Gasteiger partial charge >= 0.3 is 0 Å². The number of nitrogens with one attached hydrogen (secondary N) is 1. The van der Waals surface area contributed by atoms with Crippen LogP contribution in [-0.2, 0) is 0 Å². The van der Waals surface area contributed by atoms with E-state index in [1.54, 1.807) is 11.3 Å². The highest BCUT2D eigenvalue weighted by Crippen LogP contribution is 2.30. The molecule has 0 aliphatic carbocycles. The van der Waals surface area contributed by atoms with Crippen molar-refractivity contribution in [2.75, 3.05) is 0 Å². The predicted molar refractivity (Wildman–Crippen MR) is 74.7 cm³/mol. The molecule has 4 heteroatoms. The van der Waals surface area contributed by atoms with E-state index >= 15 is 0 Å². The van der Waals surface area contributed by atoms with Gasteiger partial charge in [-0.05, 0) is 23.8 Å². The number of thiazole rings is 1. The van der Waals surface area contributed by atoms with Crippen LogP contribution in [0.3, 0.4) is 0 Å². The van der Waals surface area contributed by atoms with Crippen LogP contribution in [0.5, 0.6) is 0 Å². The van der Waals surface area contributed by atoms with Crippen LogP contribution in [0.15, 0.2) is 48.4 Å². The fraction of sp³-hybridized carbons (Fsp3) is 0. The summed E-state index contributed by atoms with van der Waals surface area (Å²) in [4.78, 5) is 11.8. The Balaban J connectivity index is 2.03. The summed E-state index contributed by atoms with van der Waals surface area (Å²) in [5, 5.41) is 1.20. The Morgan fingerprint density at radius 1 is 1.11 bits per heavy atom. The zero-order chi connectivity index (χ0) is 11.9. The van der Waals surface area contributed by atoms with E-state index in [9.17, 15) is 0 Å². The molecule has 3 heterocycles. The van der Waals surface area contributed by atoms with E-state index in [2.05, 4.69) is 39.2 Å². The van der Waals surface area contributed by atoms with Crippen molar-refractivity contribution in [3.63, 3.8) is 0 Å². The van der Waals surface area contributed by atoms with Crippen LogP contribution in [0.2, 0.25) is 0 Å². The molecule has 0 unspecified atom stereocenters. The number of H-pyrrole nitrogens is 1. The molecule has 0 aliphatic heterocycles. The summed E-state index contributed by atoms with van der Waals surface area (Å²) in [6.07, 6.45) is 5.71. The van der Waals surface area contributed by atoms with Crippen LogP contribution in [-0.4, -0.2) is 15.0 Å². The molecule has 0 bridgehead atoms. The Morgan fingerprint density at radius 3 is 3.11 bits per heavy atom. The zero-order valence-corrected chi connectivity index (χ0v) is 10.2. The van der Waals surface area contributed by atoms with Gasteiger partial charge in [-0.1, -0.05) is 6.07 Å². The van der Waals surface area contributed by atoms with E-state index in [1.807, 2.05) is 24.1 Å². The van der Waals surface area contributed by atoms with Gasteiger partial charge in [-0.25, -0.2) is 4.98 Å². The highest BCUT2D eigenvalue weighted by Gasteiger charge is 2.06. The lowest BCUT2D eigenvalue weighted by Crippen LogP contribution is -1.81. The van der Waals surface area contributed by atoms with Crippen LogP contribution in [0, 0.1) is 0 Å². The summed E-state index contributed by atoms with van der Waals surface area (Å²) >= 11 is 1.66. The van der Waals surface area contributed by atoms with Crippen LogP contribution in [0.25, 0.3) is 32.2 Å². The lowest BCUT2D eigenvalue weighted by Gasteiger charge is -2.03. The summed E-state index contributed by atoms with van der Waals surface area (Å²) in [6.45, 7) is 0. The highest BCUT2D eigenvalue weighted by molar-refractivity contribution is 7.16. The molecule has 0 radical (unpaired) electrons. The van der Waals surface area contributed by atoms with Gasteiger partial charge in [0, 0.05) is 23.3 Å². The Hall–Kier alpha value is -2.20. The zero-order valence-electron chi connectivity index (χ0n) is 9.42. The van der Waals surface area contributed by atoms with Gasteiger partial charge in [0.05, 0.1) is 27.4 Å². The third kappa shape index (κ3) is 1.36. The number of benzene rings is 1. The predicted octanol–water partition coefficient (Wildman–Crippen LogP) is 3.84. The van der Waals surface area contributed by atoms with E-state index in [0.717, 1.165) is 16.6 Å². The van der Waals surface area contributed by atoms with Crippen molar-refractivity contribution < 1.29 is 0 Å². The Bertz CT molecular complexity index is 844. The number of nitrogens with zero attached hydrogens (tertiary/aromatic N) is 2. The summed E-state index contributed by atoms with van der Waals surface area (Å²) in [5.41, 5.74) is 6.34. The maximum Gasteiger partial charge on any atom is 0.0812 e. The fourth-order valence-electron chi connectivity index (χ4n) is 2.23. The Labute approximate surface area is 107 Å². The van der Waals surface area contributed by atoms with Gasteiger partial charge in [0.2, 0.25) is 0 Å². The molecule has 0 spiro atoms. The average Bonchev–Trinajstić information content (AvgIpc) is 3.05. The van der Waals surface area contributed by atoms with Crippen LogP contribution < -0.4 is 0 Å². The van der Waals surface area contributed by atoms with Gasteiger partial charge < -0.3 is 4.98 Å². The minimum Gasteiger partial charge on any atom is -0.360 e. The van der Waals surface area contributed by atoms with Gasteiger partial charge in [0.1, 0.15) is 0 Å². The minimum atomic E-state index is 1.05. The van der Waals surface area contributed by atoms with Gasteiger partial charge in [-0.3, -0.25) is 4.98 Å². The van der Waals surface area contributed by atoms with Crippen molar-refractivity contribution in [1.82, 2.24) is 15.0 Å². The first-order valence-electron chi connectivity index (χ1n) is 5.66. The number of hydrogen-bond donors (Lipinski definition) is 1. The molecule has 3 aromatic heterocycles. The number of fused-ring (bicyclic) bond motifs is 2. The first-order valence-corrected chi connectivity index (χ1v) is 6.54. The highest BCUT2D eigenvalue weighted by atomic mass is 32.1. The van der Waals surface area contributed by atoms with Crippen molar-refractivity contribution >= 4 is 32.5 Å². The molecular formula is C14H9N3S. The van der Waals surface area contributed by atoms with Crippen molar-refractivity contribution in [3.8, 4) is 11.1 Å². The summed E-state index contributed by atoms with van der Waals surface area (Å²) in [7, 11) is 0. The number of pyridine rings is 1. The Morgan fingerprint density at radius 2 is 2.11 bits per heavy atom. The van der Waals surface area contributed by atoms with E-state index in [1.165, 1.54) is 15.6 Å². The molecule has 0 amide bonds. The molecule has 0 fully saturated rings. The molecule has 0 atom stereocenters. The molecule has 0 aliphatic rings. The third-order valence-electron chi connectivity index (χ3n) is 3.12. The lowest BCUT2D eigenvalue weighted by atomic mass is 10.0. The first-order chi connectivity index (χ1) is 8.92. The SMILES string of the molecule is c1cc2c(-c3ccc4ncsc4c3)cncc2[nH]1. The molecule has 1 N–H and O–H groups in total. The molecule has 3 nitrogen and oxygen atoms in total. The molecule has 18 heavy (non-hydrogen) atoms. The van der Waals surface area contributed by atoms with Crippen molar-refractivity contribution in [2.24, 2.45) is 0 Å². The molecule has 0 saturated carbocycles. The minimum absolute atomic E-state index is 1.05. The summed E-state index contributed by atoms with van der Waals surface area (Å²) in [6, 6.07) is 8.43. The largest absolute Gasteiger partial charge is 0.360 e. The van der Waals surface area contributed by atoms with Gasteiger partial charge in [0.15, 0.2) is 0 Å². The average molecular weight is 251 g/mol. The van der Waals surface area contributed by atoms with Gasteiger partial charge in [-0.15, -0.1) is 11.3 Å². The second-order valence-electron chi connectivity index (χ2n) is 4.16. The monoisotopic (exact) mass is 251 g/mol. The van der Waals surface area contributed by atoms with E-state index in [0.29, 0.717) is 0 Å². The molecular weight excluding hydrogens is 242 g/mol. The van der Waals surface area contributed by atoms with Crippen LogP contribution in [0.1, 0.15) is 0 Å². The number of hydrogen-bond acceptors (Lipinski definition) is 3. The van der Waals surface area contributed by atoms with Crippen LogP contribution >= 0.6 is 11.3 Å². The first kappa shape index (κ1) is 9.79. The van der Waals surface area contributed by atoms with Gasteiger partial charge in [-0.2, -0.15) is 0 Å². The van der Waals surface area contributed by atoms with Crippen molar-refractivity contribution in [3.05, 3.63) is 48.4 Å². The summed E-state index contributed by atoms with van der Waals surface area (Å²) < 4.78 is 1.21. The quantitative estimate of drug-likeness (QED) is 0.558. The van der Waals surface area contributed by atoms with Crippen LogP contribution in [0.4, 0.5) is 0 Å². The molecule has 4 aromatic rings. The number of rotatable bonds is 1. The van der Waals surface area contributed by atoms with E-state index < -0.39 is 0 Å². The second kappa shape index (κ2) is 3.65. The standard InChI is InChI=1S/C14H9N3S/c1-2-12-14(18-8-17-12)5-9(1)11-6-15-7-13-10(11)3-4-16-13/h1-8,16H. The van der Waals surface area contributed by atoms with Crippen molar-refractivity contribution in [1.29, 1.82) is 0 Å². The lowest BCUT2D eigenvalue weighted by molar-refractivity contribution is 1.34. The Kier molecular flexibility index (Phi) is 1.98. The number of aromatic amines is 1. The van der Waals surface area contributed by atoms with E-state index in [-0.39, 0.29) is 0 Å². The molecule has 4 rings (SSSR count). The molecule has 86 valence electrons. The fourth-order valence-corrected chi connectivity index (χ4v) is 2.95. The molecule has 0 saturated heterocycles. The van der Waals surface area contributed by atoms with Crippen molar-refractivity contribution in [2.45, 2.75) is 0 Å². The normalized spacial score (nSPS) is 11.3. The third-order valence-corrected chi connectivity index (χ3v) is 3.91. The summed E-state index contributed by atoms with van der Waals surface area (Å²) in [5.74, 6) is 0. The number of aromatic nitrogens is 3. The maximum absolute atomic E-state index is 4.30. The second-order valence-corrected chi connectivity index (χ2v) is 5.05. The van der Waals surface area contributed by atoms with E-state index in [4.69, 9.17) is 0 Å². The smallest absolute Gasteiger partial charge is 0.0812 e. The molecule has 1 aromatic carbocycles. The topological polar surface area (TPSA) is 41.6 Å². The maximum atomic E-state index is 4.30. The van der Waals surface area contributed by atoms with Gasteiger partial charge in [0.25, 0.3) is 0 Å².